The molecule has 1 saturated heterocycles. The van der Waals surface area contributed by atoms with Gasteiger partial charge in [-0.1, -0.05) is 30.3 Å². The minimum atomic E-state index is -0.532. The first-order chi connectivity index (χ1) is 13.5. The molecule has 2 atom stereocenters. The zero-order valence-corrected chi connectivity index (χ0v) is 16.9. The van der Waals surface area contributed by atoms with Gasteiger partial charge in [0, 0.05) is 25.0 Å². The van der Waals surface area contributed by atoms with Crippen molar-refractivity contribution in [3.8, 4) is 5.75 Å². The van der Waals surface area contributed by atoms with E-state index in [1.54, 1.807) is 13.0 Å². The van der Waals surface area contributed by atoms with Gasteiger partial charge in [-0.2, -0.15) is 0 Å². The SMILES string of the molecule is CCOc1ccc(NC(=O)CN2C[C@@H](N)[C@H](c3ccccc3)C2)c([N+](=O)[O-])c1.Cl. The molecule has 0 aromatic heterocycles. The second-order valence-electron chi connectivity index (χ2n) is 6.79. The highest BCUT2D eigenvalue weighted by Gasteiger charge is 2.32. The van der Waals surface area contributed by atoms with E-state index in [0.717, 1.165) is 5.56 Å². The monoisotopic (exact) mass is 420 g/mol. The molecule has 8 nitrogen and oxygen atoms in total. The van der Waals surface area contributed by atoms with Crippen LogP contribution in [0.1, 0.15) is 18.4 Å². The fraction of sp³-hybridized carbons (Fsp3) is 0.350. The lowest BCUT2D eigenvalue weighted by Crippen LogP contribution is -2.33. The van der Waals surface area contributed by atoms with Crippen molar-refractivity contribution in [2.45, 2.75) is 18.9 Å². The van der Waals surface area contributed by atoms with Gasteiger partial charge in [-0.25, -0.2) is 0 Å². The molecule has 1 aliphatic rings. The molecule has 9 heteroatoms. The standard InChI is InChI=1S/C20H24N4O4.ClH/c1-2-28-15-8-9-18(19(10-15)24(26)27)22-20(25)13-23-11-16(17(21)12-23)14-6-4-3-5-7-14;/h3-10,16-17H,2,11-13,21H2,1H3,(H,22,25);1H/t16-,17+;/m0./s1. The third-order valence-corrected chi connectivity index (χ3v) is 4.79. The molecule has 0 radical (unpaired) electrons. The topological polar surface area (TPSA) is 111 Å². The maximum atomic E-state index is 12.5. The van der Waals surface area contributed by atoms with Gasteiger partial charge in [-0.15, -0.1) is 12.4 Å². The zero-order valence-electron chi connectivity index (χ0n) is 16.1. The number of carbonyl (C=O) groups is 1. The summed E-state index contributed by atoms with van der Waals surface area (Å²) in [5, 5.41) is 14.0. The Bertz CT molecular complexity index is 850. The Morgan fingerprint density at radius 1 is 1.28 bits per heavy atom. The first kappa shape index (κ1) is 22.6. The number of ether oxygens (including phenoxy) is 1. The molecular formula is C20H25ClN4O4. The summed E-state index contributed by atoms with van der Waals surface area (Å²) < 4.78 is 5.29. The van der Waals surface area contributed by atoms with Gasteiger partial charge < -0.3 is 15.8 Å². The van der Waals surface area contributed by atoms with Crippen LogP contribution in [0.25, 0.3) is 0 Å². The number of hydrogen-bond donors (Lipinski definition) is 2. The highest BCUT2D eigenvalue weighted by Crippen LogP contribution is 2.30. The van der Waals surface area contributed by atoms with E-state index in [0.29, 0.717) is 25.4 Å². The zero-order chi connectivity index (χ0) is 20.1. The van der Waals surface area contributed by atoms with Crippen LogP contribution < -0.4 is 15.8 Å². The smallest absolute Gasteiger partial charge is 0.296 e. The van der Waals surface area contributed by atoms with E-state index < -0.39 is 4.92 Å². The van der Waals surface area contributed by atoms with Gasteiger partial charge in [0.2, 0.25) is 5.91 Å². The van der Waals surface area contributed by atoms with E-state index in [2.05, 4.69) is 5.32 Å². The summed E-state index contributed by atoms with van der Waals surface area (Å²) in [5.41, 5.74) is 7.37. The minimum Gasteiger partial charge on any atom is -0.494 e. The Morgan fingerprint density at radius 3 is 2.66 bits per heavy atom. The van der Waals surface area contributed by atoms with Crippen LogP contribution in [-0.4, -0.2) is 48.0 Å². The number of rotatable bonds is 7. The molecule has 0 spiro atoms. The predicted octanol–water partition coefficient (Wildman–Crippen LogP) is 2.78. The van der Waals surface area contributed by atoms with Crippen molar-refractivity contribution >= 4 is 29.7 Å². The van der Waals surface area contributed by atoms with Gasteiger partial charge in [0.15, 0.2) is 0 Å². The molecule has 29 heavy (non-hydrogen) atoms. The number of amides is 1. The molecule has 3 N–H and O–H groups in total. The van der Waals surface area contributed by atoms with Crippen LogP contribution in [0, 0.1) is 10.1 Å². The average molecular weight is 421 g/mol. The summed E-state index contributed by atoms with van der Waals surface area (Å²) in [4.78, 5) is 25.2. The molecule has 1 heterocycles. The molecule has 3 rings (SSSR count). The summed E-state index contributed by atoms with van der Waals surface area (Å²) in [5.74, 6) is 0.241. The Morgan fingerprint density at radius 2 is 2.00 bits per heavy atom. The summed E-state index contributed by atoms with van der Waals surface area (Å²) in [6.07, 6.45) is 0. The number of nitro groups is 1. The molecule has 156 valence electrons. The molecule has 0 bridgehead atoms. The van der Waals surface area contributed by atoms with Gasteiger partial charge in [-0.3, -0.25) is 19.8 Å². The highest BCUT2D eigenvalue weighted by molar-refractivity contribution is 5.94. The number of benzene rings is 2. The van der Waals surface area contributed by atoms with Gasteiger partial charge in [0.1, 0.15) is 11.4 Å². The van der Waals surface area contributed by atoms with E-state index in [-0.39, 0.29) is 48.2 Å². The first-order valence-corrected chi connectivity index (χ1v) is 9.22. The van der Waals surface area contributed by atoms with Crippen LogP contribution >= 0.6 is 12.4 Å². The van der Waals surface area contributed by atoms with E-state index in [1.165, 1.54) is 12.1 Å². The van der Waals surface area contributed by atoms with Crippen molar-refractivity contribution in [1.29, 1.82) is 0 Å². The van der Waals surface area contributed by atoms with Crippen LogP contribution in [0.5, 0.6) is 5.75 Å². The Kier molecular flexibility index (Phi) is 7.95. The lowest BCUT2D eigenvalue weighted by atomic mass is 9.95. The lowest BCUT2D eigenvalue weighted by Gasteiger charge is -2.16. The maximum Gasteiger partial charge on any atom is 0.296 e. The third kappa shape index (κ3) is 5.66. The number of nitrogens with zero attached hydrogens (tertiary/aromatic N) is 2. The molecule has 0 saturated carbocycles. The fourth-order valence-electron chi connectivity index (χ4n) is 3.51. The minimum absolute atomic E-state index is 0. The Balaban J connectivity index is 0.00000300. The molecular weight excluding hydrogens is 396 g/mol. The van der Waals surface area contributed by atoms with Gasteiger partial charge in [-0.05, 0) is 24.6 Å². The van der Waals surface area contributed by atoms with Crippen molar-refractivity contribution in [2.24, 2.45) is 5.73 Å². The number of anilines is 1. The second-order valence-corrected chi connectivity index (χ2v) is 6.79. The Labute approximate surface area is 175 Å². The van der Waals surface area contributed by atoms with Crippen LogP contribution in [-0.2, 0) is 4.79 Å². The number of carbonyl (C=O) groups excluding carboxylic acids is 1. The summed E-state index contributed by atoms with van der Waals surface area (Å²) in [6.45, 7) is 3.59. The summed E-state index contributed by atoms with van der Waals surface area (Å²) in [7, 11) is 0. The van der Waals surface area contributed by atoms with Crippen LogP contribution in [0.4, 0.5) is 11.4 Å². The van der Waals surface area contributed by atoms with Crippen molar-refractivity contribution in [1.82, 2.24) is 4.90 Å². The molecule has 1 aliphatic heterocycles. The predicted molar refractivity (Wildman–Crippen MR) is 114 cm³/mol. The largest absolute Gasteiger partial charge is 0.494 e. The third-order valence-electron chi connectivity index (χ3n) is 4.79. The van der Waals surface area contributed by atoms with E-state index >= 15 is 0 Å². The molecule has 1 fully saturated rings. The fourth-order valence-corrected chi connectivity index (χ4v) is 3.51. The van der Waals surface area contributed by atoms with Crippen molar-refractivity contribution in [3.63, 3.8) is 0 Å². The van der Waals surface area contributed by atoms with Crippen molar-refractivity contribution in [2.75, 3.05) is 31.6 Å². The van der Waals surface area contributed by atoms with Gasteiger partial charge in [0.05, 0.1) is 24.1 Å². The van der Waals surface area contributed by atoms with E-state index in [4.69, 9.17) is 10.5 Å². The molecule has 2 aromatic carbocycles. The normalized spacial score (nSPS) is 18.7. The second kappa shape index (κ2) is 10.2. The van der Waals surface area contributed by atoms with Crippen LogP contribution in [0.15, 0.2) is 48.5 Å². The van der Waals surface area contributed by atoms with E-state index in [9.17, 15) is 14.9 Å². The Hall–Kier alpha value is -2.68. The first-order valence-electron chi connectivity index (χ1n) is 9.22. The van der Waals surface area contributed by atoms with Crippen LogP contribution in [0.3, 0.4) is 0 Å². The van der Waals surface area contributed by atoms with Crippen molar-refractivity contribution in [3.05, 3.63) is 64.2 Å². The number of halogens is 1. The maximum absolute atomic E-state index is 12.5. The molecule has 1 amide bonds. The van der Waals surface area contributed by atoms with Gasteiger partial charge >= 0.3 is 0 Å². The lowest BCUT2D eigenvalue weighted by molar-refractivity contribution is -0.384. The average Bonchev–Trinajstić information content (AvgIpc) is 3.03. The number of hydrogen-bond acceptors (Lipinski definition) is 6. The molecule has 0 unspecified atom stereocenters. The van der Waals surface area contributed by atoms with E-state index in [1.807, 2.05) is 35.2 Å². The highest BCUT2D eigenvalue weighted by atomic mass is 35.5. The van der Waals surface area contributed by atoms with Crippen LogP contribution in [0.2, 0.25) is 0 Å². The number of likely N-dealkylation sites (tertiary alicyclic amines) is 1. The summed E-state index contributed by atoms with van der Waals surface area (Å²) in [6, 6.07) is 14.3. The number of nitrogens with two attached hydrogens (primary N) is 1. The summed E-state index contributed by atoms with van der Waals surface area (Å²) >= 11 is 0. The quantitative estimate of drug-likeness (QED) is 0.526. The van der Waals surface area contributed by atoms with Gasteiger partial charge in [0.25, 0.3) is 5.69 Å². The van der Waals surface area contributed by atoms with Crippen molar-refractivity contribution < 1.29 is 14.5 Å². The number of nitro benzene ring substituents is 1. The molecule has 2 aromatic rings. The molecule has 0 aliphatic carbocycles. The number of nitrogens with one attached hydrogen (secondary N) is 1.